The Hall–Kier alpha value is -0.190. The zero-order valence-electron chi connectivity index (χ0n) is 5.63. The maximum absolute atomic E-state index is 12.0. The number of aliphatic hydroxyl groups excluding tert-OH is 2. The largest absolute Gasteiger partial charge is 0.390 e. The molecule has 0 saturated carbocycles. The van der Waals surface area contributed by atoms with Gasteiger partial charge < -0.3 is 15.5 Å². The van der Waals surface area contributed by atoms with Gasteiger partial charge in [0.1, 0.15) is 0 Å². The number of rotatable bonds is 1. The van der Waals surface area contributed by atoms with Crippen molar-refractivity contribution >= 4 is 0 Å². The Bertz CT molecular complexity index is 112. The van der Waals surface area contributed by atoms with E-state index in [9.17, 15) is 4.39 Å². The van der Waals surface area contributed by atoms with Crippen LogP contribution in [0.4, 0.5) is 4.39 Å². The summed E-state index contributed by atoms with van der Waals surface area (Å²) in [4.78, 5) is 0. The molecule has 60 valence electrons. The lowest BCUT2D eigenvalue weighted by Crippen LogP contribution is -2.51. The first-order valence-electron chi connectivity index (χ1n) is 3.38. The predicted molar refractivity (Wildman–Crippen MR) is 34.3 cm³/mol. The van der Waals surface area contributed by atoms with Crippen LogP contribution in [0.5, 0.6) is 0 Å². The molecule has 1 aliphatic rings. The second-order valence-electron chi connectivity index (χ2n) is 2.63. The van der Waals surface area contributed by atoms with Crippen molar-refractivity contribution in [3.63, 3.8) is 0 Å². The number of β-amino-alcohol motifs (C(OH)–C–C–N with tert-alkyl or cyclic N) is 1. The molecule has 1 rings (SSSR count). The molecule has 1 aliphatic heterocycles. The van der Waals surface area contributed by atoms with Gasteiger partial charge in [0, 0.05) is 19.0 Å². The molecular formula is C6H12FNO2. The number of piperidine rings is 1. The summed E-state index contributed by atoms with van der Waals surface area (Å²) in [6.45, 7) is 0.234. The molecule has 0 spiro atoms. The number of hydrogen-bond acceptors (Lipinski definition) is 3. The van der Waals surface area contributed by atoms with Gasteiger partial charge in [-0.25, -0.2) is 0 Å². The Labute approximate surface area is 58.9 Å². The van der Waals surface area contributed by atoms with E-state index in [-0.39, 0.29) is 0 Å². The van der Waals surface area contributed by atoms with Gasteiger partial charge in [0.05, 0.1) is 18.9 Å². The van der Waals surface area contributed by atoms with Crippen molar-refractivity contribution in [1.29, 1.82) is 0 Å². The minimum atomic E-state index is -0.897. The SMILES string of the molecule is O[C@@H]1[C@@H](CF)CNC[C@H]1O. The van der Waals surface area contributed by atoms with Gasteiger partial charge in [-0.3, -0.25) is 4.39 Å². The zero-order chi connectivity index (χ0) is 7.56. The summed E-state index contributed by atoms with van der Waals surface area (Å²) >= 11 is 0. The smallest absolute Gasteiger partial charge is 0.0960 e. The molecule has 0 aliphatic carbocycles. The molecule has 0 unspecified atom stereocenters. The maximum atomic E-state index is 12.0. The molecular weight excluding hydrogens is 137 g/mol. The van der Waals surface area contributed by atoms with Crippen LogP contribution in [-0.2, 0) is 0 Å². The molecule has 1 saturated heterocycles. The van der Waals surface area contributed by atoms with E-state index < -0.39 is 24.8 Å². The van der Waals surface area contributed by atoms with E-state index in [1.807, 2.05) is 0 Å². The highest BCUT2D eigenvalue weighted by molar-refractivity contribution is 4.83. The number of halogens is 1. The summed E-state index contributed by atoms with van der Waals surface area (Å²) in [5, 5.41) is 20.9. The van der Waals surface area contributed by atoms with Crippen molar-refractivity contribution < 1.29 is 14.6 Å². The molecule has 0 radical (unpaired) electrons. The van der Waals surface area contributed by atoms with Crippen LogP contribution in [-0.4, -0.2) is 42.2 Å². The molecule has 3 nitrogen and oxygen atoms in total. The fourth-order valence-electron chi connectivity index (χ4n) is 1.12. The van der Waals surface area contributed by atoms with Crippen LogP contribution in [0.25, 0.3) is 0 Å². The molecule has 0 bridgehead atoms. The van der Waals surface area contributed by atoms with E-state index in [4.69, 9.17) is 10.2 Å². The Kier molecular flexibility index (Phi) is 2.59. The van der Waals surface area contributed by atoms with E-state index in [1.54, 1.807) is 0 Å². The number of alkyl halides is 1. The fraction of sp³-hybridized carbons (Fsp3) is 1.00. The van der Waals surface area contributed by atoms with Gasteiger partial charge in [0.2, 0.25) is 0 Å². The monoisotopic (exact) mass is 149 g/mol. The average Bonchev–Trinajstić information content (AvgIpc) is 1.95. The summed E-state index contributed by atoms with van der Waals surface area (Å²) in [6.07, 6.45) is -1.71. The lowest BCUT2D eigenvalue weighted by atomic mass is 9.95. The first-order valence-corrected chi connectivity index (χ1v) is 3.38. The molecule has 0 aromatic heterocycles. The molecule has 0 aromatic rings. The predicted octanol–water partition coefficient (Wildman–Crippen LogP) is -1.10. The first-order chi connectivity index (χ1) is 4.75. The van der Waals surface area contributed by atoms with Crippen LogP contribution in [0.3, 0.4) is 0 Å². The van der Waals surface area contributed by atoms with Gasteiger partial charge in [-0.15, -0.1) is 0 Å². The number of hydrogen-bond donors (Lipinski definition) is 3. The van der Waals surface area contributed by atoms with Crippen molar-refractivity contribution in [2.75, 3.05) is 19.8 Å². The van der Waals surface area contributed by atoms with Gasteiger partial charge >= 0.3 is 0 Å². The van der Waals surface area contributed by atoms with Crippen LogP contribution >= 0.6 is 0 Å². The van der Waals surface area contributed by atoms with Crippen LogP contribution in [0.1, 0.15) is 0 Å². The molecule has 3 atom stereocenters. The third kappa shape index (κ3) is 1.45. The third-order valence-corrected chi connectivity index (χ3v) is 1.84. The second-order valence-corrected chi connectivity index (χ2v) is 2.63. The van der Waals surface area contributed by atoms with Gasteiger partial charge in [-0.1, -0.05) is 0 Å². The van der Waals surface area contributed by atoms with E-state index >= 15 is 0 Å². The molecule has 0 amide bonds. The average molecular weight is 149 g/mol. The highest BCUT2D eigenvalue weighted by Gasteiger charge is 2.29. The van der Waals surface area contributed by atoms with Crippen LogP contribution < -0.4 is 5.32 Å². The normalized spacial score (nSPS) is 41.7. The standard InChI is InChI=1S/C6H12FNO2/c7-1-4-2-8-3-5(9)6(4)10/h4-6,8-10H,1-3H2/t4-,5+,6+/m0/s1. The number of aliphatic hydroxyl groups is 2. The van der Waals surface area contributed by atoms with Gasteiger partial charge in [0.25, 0.3) is 0 Å². The zero-order valence-corrected chi connectivity index (χ0v) is 5.63. The van der Waals surface area contributed by atoms with Crippen LogP contribution in [0.15, 0.2) is 0 Å². The van der Waals surface area contributed by atoms with Gasteiger partial charge in [-0.05, 0) is 0 Å². The fourth-order valence-corrected chi connectivity index (χ4v) is 1.12. The highest BCUT2D eigenvalue weighted by Crippen LogP contribution is 2.11. The summed E-state index contributed by atoms with van der Waals surface area (Å²) in [6, 6.07) is 0. The molecule has 3 N–H and O–H groups in total. The van der Waals surface area contributed by atoms with Crippen molar-refractivity contribution in [2.45, 2.75) is 12.2 Å². The van der Waals surface area contributed by atoms with Crippen molar-refractivity contribution in [2.24, 2.45) is 5.92 Å². The van der Waals surface area contributed by atoms with Crippen molar-refractivity contribution in [3.8, 4) is 0 Å². The summed E-state index contributed by atoms with van der Waals surface area (Å²) < 4.78 is 12.0. The van der Waals surface area contributed by atoms with Crippen molar-refractivity contribution in [1.82, 2.24) is 5.32 Å². The van der Waals surface area contributed by atoms with E-state index in [2.05, 4.69) is 5.32 Å². The van der Waals surface area contributed by atoms with E-state index in [0.717, 1.165) is 0 Å². The summed E-state index contributed by atoms with van der Waals surface area (Å²) in [5.74, 6) is -0.441. The van der Waals surface area contributed by atoms with Gasteiger partial charge in [-0.2, -0.15) is 0 Å². The molecule has 4 heteroatoms. The summed E-state index contributed by atoms with van der Waals surface area (Å²) in [7, 11) is 0. The number of nitrogens with one attached hydrogen (secondary N) is 1. The maximum Gasteiger partial charge on any atom is 0.0960 e. The van der Waals surface area contributed by atoms with Crippen LogP contribution in [0.2, 0.25) is 0 Å². The minimum Gasteiger partial charge on any atom is -0.390 e. The molecule has 0 aromatic carbocycles. The molecule has 1 heterocycles. The topological polar surface area (TPSA) is 52.5 Å². The first kappa shape index (κ1) is 7.91. The lowest BCUT2D eigenvalue weighted by Gasteiger charge is -2.30. The van der Waals surface area contributed by atoms with Gasteiger partial charge in [0.15, 0.2) is 0 Å². The Balaban J connectivity index is 2.42. The highest BCUT2D eigenvalue weighted by atomic mass is 19.1. The minimum absolute atomic E-state index is 0.359. The Morgan fingerprint density at radius 1 is 1.40 bits per heavy atom. The lowest BCUT2D eigenvalue weighted by molar-refractivity contribution is -0.0406. The van der Waals surface area contributed by atoms with Crippen LogP contribution in [0, 0.1) is 5.92 Å². The van der Waals surface area contributed by atoms with E-state index in [1.165, 1.54) is 0 Å². The Morgan fingerprint density at radius 3 is 2.60 bits per heavy atom. The molecule has 10 heavy (non-hydrogen) atoms. The quantitative estimate of drug-likeness (QED) is 0.443. The van der Waals surface area contributed by atoms with E-state index in [0.29, 0.717) is 13.1 Å². The second kappa shape index (κ2) is 3.27. The third-order valence-electron chi connectivity index (χ3n) is 1.84. The summed E-state index contributed by atoms with van der Waals surface area (Å²) in [5.41, 5.74) is 0. The molecule has 1 fully saturated rings. The van der Waals surface area contributed by atoms with Crippen molar-refractivity contribution in [3.05, 3.63) is 0 Å². The Morgan fingerprint density at radius 2 is 2.10 bits per heavy atom.